The van der Waals surface area contributed by atoms with E-state index < -0.39 is 5.97 Å². The van der Waals surface area contributed by atoms with Crippen LogP contribution < -0.4 is 4.74 Å². The molecule has 180 valence electrons. The molecule has 0 radical (unpaired) electrons. The average molecular weight is 464 g/mol. The molecule has 1 aliphatic rings. The van der Waals surface area contributed by atoms with E-state index in [9.17, 15) is 9.59 Å². The highest BCUT2D eigenvalue weighted by Gasteiger charge is 2.21. The van der Waals surface area contributed by atoms with Crippen molar-refractivity contribution in [1.29, 1.82) is 0 Å². The molecule has 1 heterocycles. The summed E-state index contributed by atoms with van der Waals surface area (Å²) in [6, 6.07) is 15.2. The van der Waals surface area contributed by atoms with Crippen LogP contribution in [-0.4, -0.2) is 47.7 Å². The van der Waals surface area contributed by atoms with Gasteiger partial charge in [-0.15, -0.1) is 0 Å². The largest absolute Gasteiger partial charge is 0.493 e. The number of rotatable bonds is 11. The maximum Gasteiger partial charge on any atom is 0.303 e. The van der Waals surface area contributed by atoms with Crippen LogP contribution in [0.4, 0.5) is 0 Å². The second kappa shape index (κ2) is 12.8. The van der Waals surface area contributed by atoms with Crippen molar-refractivity contribution in [3.63, 3.8) is 0 Å². The number of hydrogen-bond donors (Lipinski definition) is 1. The van der Waals surface area contributed by atoms with Crippen molar-refractivity contribution < 1.29 is 24.2 Å². The van der Waals surface area contributed by atoms with Gasteiger partial charge in [0.2, 0.25) is 0 Å². The molecule has 6 heteroatoms. The lowest BCUT2D eigenvalue weighted by Crippen LogP contribution is -2.36. The highest BCUT2D eigenvalue weighted by Crippen LogP contribution is 2.23. The van der Waals surface area contributed by atoms with E-state index in [1.54, 1.807) is 0 Å². The predicted octanol–water partition coefficient (Wildman–Crippen LogP) is 4.76. The summed E-state index contributed by atoms with van der Waals surface area (Å²) < 4.78 is 11.1. The molecular weight excluding hydrogens is 430 g/mol. The molecule has 34 heavy (non-hydrogen) atoms. The van der Waals surface area contributed by atoms with E-state index in [4.69, 9.17) is 14.6 Å². The van der Waals surface area contributed by atoms with Crippen LogP contribution in [0.3, 0.4) is 0 Å². The summed E-state index contributed by atoms with van der Waals surface area (Å²) in [4.78, 5) is 25.8. The van der Waals surface area contributed by atoms with Gasteiger partial charge in [0.05, 0.1) is 25.7 Å². The van der Waals surface area contributed by atoms with Crippen LogP contribution >= 0.6 is 0 Å². The molecule has 3 rings (SSSR count). The van der Waals surface area contributed by atoms with E-state index in [-0.39, 0.29) is 18.4 Å². The van der Waals surface area contributed by atoms with Crippen LogP contribution in [0, 0.1) is 17.8 Å². The summed E-state index contributed by atoms with van der Waals surface area (Å²) in [5.41, 5.74) is 2.46. The second-order valence-electron chi connectivity index (χ2n) is 8.77. The van der Waals surface area contributed by atoms with E-state index in [1.807, 2.05) is 67.3 Å². The fourth-order valence-electron chi connectivity index (χ4n) is 3.55. The van der Waals surface area contributed by atoms with Gasteiger partial charge < -0.3 is 19.5 Å². The third kappa shape index (κ3) is 7.64. The molecule has 0 unspecified atom stereocenters. The minimum Gasteiger partial charge on any atom is -0.493 e. The minimum atomic E-state index is -0.768. The second-order valence-corrected chi connectivity index (χ2v) is 8.77. The Labute approximate surface area is 201 Å². The summed E-state index contributed by atoms with van der Waals surface area (Å²) in [6.07, 6.45) is 2.43. The summed E-state index contributed by atoms with van der Waals surface area (Å²) in [6.45, 7) is 6.36. The Balaban J connectivity index is 1.61. The standard InChI is InChI=1S/C28H33NO5/c1-21(2)29(28(32)24-15-13-22(14-16-24)11-12-23-19-33-20-23)18-25-8-5-6-9-26(25)34-17-7-3-4-10-27(30)31/h5-6,8-9,13-16,21,23H,3-4,7,10,17-20H2,1-2H3,(H,30,31). The quantitative estimate of drug-likeness (QED) is 0.384. The minimum absolute atomic E-state index is 0.00894. The van der Waals surface area contributed by atoms with Crippen LogP contribution in [0.5, 0.6) is 5.75 Å². The highest BCUT2D eigenvalue weighted by atomic mass is 16.5. The number of para-hydroxylation sites is 1. The number of nitrogens with zero attached hydrogens (tertiary/aromatic N) is 1. The van der Waals surface area contributed by atoms with E-state index in [0.717, 1.165) is 29.7 Å². The van der Waals surface area contributed by atoms with E-state index in [1.165, 1.54) is 0 Å². The number of aliphatic carboxylic acids is 1. The van der Waals surface area contributed by atoms with Gasteiger partial charge in [0.15, 0.2) is 0 Å². The Morgan fingerprint density at radius 1 is 1.09 bits per heavy atom. The molecule has 0 spiro atoms. The Morgan fingerprint density at radius 2 is 1.82 bits per heavy atom. The lowest BCUT2D eigenvalue weighted by Gasteiger charge is -2.28. The number of carboxylic acids is 1. The molecule has 1 amide bonds. The maximum atomic E-state index is 13.3. The van der Waals surface area contributed by atoms with Gasteiger partial charge >= 0.3 is 5.97 Å². The molecule has 0 saturated carbocycles. The van der Waals surface area contributed by atoms with Gasteiger partial charge in [0, 0.05) is 35.7 Å². The molecule has 1 fully saturated rings. The van der Waals surface area contributed by atoms with Crippen LogP contribution in [0.2, 0.25) is 0 Å². The van der Waals surface area contributed by atoms with E-state index in [0.29, 0.717) is 44.3 Å². The van der Waals surface area contributed by atoms with Gasteiger partial charge in [-0.05, 0) is 63.4 Å². The number of benzene rings is 2. The molecule has 1 aliphatic heterocycles. The SMILES string of the molecule is CC(C)N(Cc1ccccc1OCCCCCC(=O)O)C(=O)c1ccc(C#CC2COC2)cc1. The fourth-order valence-corrected chi connectivity index (χ4v) is 3.55. The summed E-state index contributed by atoms with van der Waals surface area (Å²) in [5.74, 6) is 6.60. The third-order valence-electron chi connectivity index (χ3n) is 5.68. The third-order valence-corrected chi connectivity index (χ3v) is 5.68. The zero-order chi connectivity index (χ0) is 24.3. The Hall–Kier alpha value is -3.30. The smallest absolute Gasteiger partial charge is 0.303 e. The lowest BCUT2D eigenvalue weighted by molar-refractivity contribution is -0.137. The first-order chi connectivity index (χ1) is 16.4. The molecule has 1 saturated heterocycles. The van der Waals surface area contributed by atoms with Crippen molar-refractivity contribution >= 4 is 11.9 Å². The molecule has 0 aromatic heterocycles. The van der Waals surface area contributed by atoms with Crippen LogP contribution in [0.15, 0.2) is 48.5 Å². The molecule has 0 atom stereocenters. The number of hydrogen-bond acceptors (Lipinski definition) is 4. The van der Waals surface area contributed by atoms with E-state index in [2.05, 4.69) is 11.8 Å². The van der Waals surface area contributed by atoms with Gasteiger partial charge in [-0.1, -0.05) is 30.0 Å². The van der Waals surface area contributed by atoms with E-state index >= 15 is 0 Å². The van der Waals surface area contributed by atoms with Crippen LogP contribution in [-0.2, 0) is 16.1 Å². The number of carboxylic acid groups (broad SMARTS) is 1. The highest BCUT2D eigenvalue weighted by molar-refractivity contribution is 5.94. The van der Waals surface area contributed by atoms with Crippen LogP contribution in [0.1, 0.15) is 61.0 Å². The zero-order valence-electron chi connectivity index (χ0n) is 20.0. The van der Waals surface area contributed by atoms with Crippen molar-refractivity contribution in [2.75, 3.05) is 19.8 Å². The average Bonchev–Trinajstić information content (AvgIpc) is 2.79. The molecule has 1 N–H and O–H groups in total. The number of unbranched alkanes of at least 4 members (excludes halogenated alkanes) is 2. The van der Waals surface area contributed by atoms with Gasteiger partial charge in [0.25, 0.3) is 5.91 Å². The Morgan fingerprint density at radius 3 is 2.47 bits per heavy atom. The number of carbonyl (C=O) groups excluding carboxylic acids is 1. The van der Waals surface area contributed by atoms with Crippen molar-refractivity contribution in [2.24, 2.45) is 5.92 Å². The fraction of sp³-hybridized carbons (Fsp3) is 0.429. The monoisotopic (exact) mass is 463 g/mol. The van der Waals surface area contributed by atoms with Gasteiger partial charge in [0.1, 0.15) is 5.75 Å². The van der Waals surface area contributed by atoms with Gasteiger partial charge in [-0.25, -0.2) is 0 Å². The lowest BCUT2D eigenvalue weighted by atomic mass is 10.1. The van der Waals surface area contributed by atoms with Gasteiger partial charge in [-0.2, -0.15) is 0 Å². The first kappa shape index (κ1) is 25.3. The van der Waals surface area contributed by atoms with Crippen molar-refractivity contribution in [2.45, 2.75) is 52.1 Å². The van der Waals surface area contributed by atoms with Crippen molar-refractivity contribution in [3.05, 3.63) is 65.2 Å². The molecular formula is C28H33NO5. The first-order valence-corrected chi connectivity index (χ1v) is 11.9. The number of ether oxygens (including phenoxy) is 2. The van der Waals surface area contributed by atoms with Crippen LogP contribution in [0.25, 0.3) is 0 Å². The first-order valence-electron chi connectivity index (χ1n) is 11.9. The Bertz CT molecular complexity index is 1020. The zero-order valence-corrected chi connectivity index (χ0v) is 20.0. The Kier molecular flexibility index (Phi) is 9.54. The normalized spacial score (nSPS) is 13.0. The van der Waals surface area contributed by atoms with Gasteiger partial charge in [-0.3, -0.25) is 9.59 Å². The molecule has 6 nitrogen and oxygen atoms in total. The number of carbonyl (C=O) groups is 2. The predicted molar refractivity (Wildman–Crippen MR) is 131 cm³/mol. The van der Waals surface area contributed by atoms with Crippen molar-refractivity contribution in [3.8, 4) is 17.6 Å². The summed E-state index contributed by atoms with van der Waals surface area (Å²) in [7, 11) is 0. The summed E-state index contributed by atoms with van der Waals surface area (Å²) >= 11 is 0. The number of amides is 1. The topological polar surface area (TPSA) is 76.1 Å². The summed E-state index contributed by atoms with van der Waals surface area (Å²) in [5, 5.41) is 8.74. The maximum absolute atomic E-state index is 13.3. The molecule has 2 aromatic rings. The molecule has 2 aromatic carbocycles. The molecule has 0 bridgehead atoms. The van der Waals surface area contributed by atoms with Crippen molar-refractivity contribution in [1.82, 2.24) is 4.90 Å². The molecule has 0 aliphatic carbocycles.